The number of aliphatic hydroxyl groups is 2. The Balaban J connectivity index is 1.16. The highest BCUT2D eigenvalue weighted by molar-refractivity contribution is 8.76. The molecule has 3 aromatic carbocycles. The maximum absolute atomic E-state index is 14.2. The summed E-state index contributed by atoms with van der Waals surface area (Å²) in [5.74, 6) is 8.43. The Kier molecular flexibility index (Phi) is 14.1. The van der Waals surface area contributed by atoms with Crippen LogP contribution >= 0.6 is 21.6 Å². The Morgan fingerprint density at radius 2 is 1.79 bits per heavy atom. The number of hydrogen-bond donors (Lipinski definition) is 6. The number of hydrogen-bond acceptors (Lipinski definition) is 12. The average molecular weight is 889 g/mol. The molecule has 5 atom stereocenters. The molecule has 63 heavy (non-hydrogen) atoms. The number of nitrogens with zero attached hydrogens (tertiary/aromatic N) is 1. The largest absolute Gasteiger partial charge is 0.875 e. The average Bonchev–Trinajstić information content (AvgIpc) is 3.87. The van der Waals surface area contributed by atoms with Crippen molar-refractivity contribution >= 4 is 33.1 Å². The zero-order valence-electron chi connectivity index (χ0n) is 35.7. The number of aryl methyl sites for hydroxylation is 1. The van der Waals surface area contributed by atoms with Crippen molar-refractivity contribution in [3.8, 4) is 29.1 Å². The summed E-state index contributed by atoms with van der Waals surface area (Å²) in [4.78, 5) is 18.0. The molecule has 8 rings (SSSR count). The molecule has 0 amide bonds. The molecule has 2 saturated carbocycles. The van der Waals surface area contributed by atoms with Crippen LogP contribution < -0.4 is 21.3 Å². The molecule has 3 aliphatic carbocycles. The third-order valence-corrected chi connectivity index (χ3v) is 16.6. The third kappa shape index (κ3) is 10.3. The van der Waals surface area contributed by atoms with Gasteiger partial charge in [-0.15, -0.1) is 5.76 Å². The fraction of sp³-hybridized carbons (Fsp3) is 0.451. The lowest BCUT2D eigenvalue weighted by atomic mass is 9.62. The van der Waals surface area contributed by atoms with E-state index < -0.39 is 18.2 Å². The molecule has 0 saturated heterocycles. The van der Waals surface area contributed by atoms with E-state index >= 15 is 0 Å². The standard InChI is InChI=1S/C51H59N3O7S2/c52-49(53)41-25-34-3-1-6-44-39(15-21-54-44)47(60)27-42-40(34)26-35(41)29-62-63-31-50-17-13-36(4-2-5-38(57)28-55)51(30-50,20-19-50)18-14-37(56)10-7-32-9-12-46(59)48(24-32)61-22-16-33-8-11-45(58)43(42)23-33/h8-9,11-12,14-15,18,21,23-26,36,38,42,49,55,57-60H,2,4-7,10,13,16-17,19-20,22,27-31,52-53H2/p-1. The molecule has 12 heteroatoms. The van der Waals surface area contributed by atoms with Crippen molar-refractivity contribution < 1.29 is 35.1 Å². The molecular formula is C51H58N3O7S2-. The molecule has 0 radical (unpaired) electrons. The van der Waals surface area contributed by atoms with Crippen LogP contribution in [0.4, 0.5) is 0 Å². The minimum Gasteiger partial charge on any atom is -0.875 e. The van der Waals surface area contributed by atoms with Gasteiger partial charge in [-0.25, -0.2) is 0 Å². The summed E-state index contributed by atoms with van der Waals surface area (Å²) < 4.78 is 6.14. The SMILES string of the molecule is NC(N)c1cc2c3cc1CSSCC14CCC(CCCC(O)CO)C(C=CC(=O)CCc5ccc(O)c(c5)OCCc5ccc(O)c(c5)C3CC([O-])=C3C=CN=C3CC#C2)(CC1)C4. The number of nitrogens with two attached hydrogens (primary N) is 2. The van der Waals surface area contributed by atoms with E-state index in [1.807, 2.05) is 41.1 Å². The van der Waals surface area contributed by atoms with Gasteiger partial charge in [0.2, 0.25) is 0 Å². The maximum atomic E-state index is 14.2. The minimum atomic E-state index is -0.762. The van der Waals surface area contributed by atoms with E-state index in [4.69, 9.17) is 16.2 Å². The maximum Gasteiger partial charge on any atom is 0.161 e. The topological polar surface area (TPSA) is 195 Å². The van der Waals surface area contributed by atoms with Gasteiger partial charge in [0.1, 0.15) is 5.75 Å². The summed E-state index contributed by atoms with van der Waals surface area (Å²) in [6.45, 7) is -0.00183. The van der Waals surface area contributed by atoms with E-state index in [1.165, 1.54) is 0 Å². The van der Waals surface area contributed by atoms with Crippen LogP contribution in [0.1, 0.15) is 122 Å². The summed E-state index contributed by atoms with van der Waals surface area (Å²) in [6.07, 6.45) is 15.2. The third-order valence-electron chi connectivity index (χ3n) is 14.0. The van der Waals surface area contributed by atoms with Crippen molar-refractivity contribution in [1.82, 2.24) is 0 Å². The minimum absolute atomic E-state index is 0.00944. The molecule has 5 unspecified atom stereocenters. The lowest BCUT2D eigenvalue weighted by Crippen LogP contribution is -2.35. The van der Waals surface area contributed by atoms with Crippen molar-refractivity contribution in [2.45, 2.75) is 107 Å². The van der Waals surface area contributed by atoms with E-state index in [1.54, 1.807) is 41.3 Å². The Hall–Kier alpha value is -4.48. The number of phenolic OH excluding ortho intramolecular Hbond substituents is 2. The predicted octanol–water partition coefficient (Wildman–Crippen LogP) is 7.54. The van der Waals surface area contributed by atoms with Crippen molar-refractivity contribution in [1.29, 1.82) is 0 Å². The second-order valence-electron chi connectivity index (χ2n) is 18.2. The number of aliphatic imine (C=N–C) groups is 1. The number of aliphatic hydroxyl groups excluding tert-OH is 2. The van der Waals surface area contributed by atoms with Gasteiger partial charge in [-0.3, -0.25) is 9.79 Å². The van der Waals surface area contributed by atoms with Gasteiger partial charge in [0, 0.05) is 47.6 Å². The van der Waals surface area contributed by atoms with Crippen LogP contribution in [0.15, 0.2) is 89.3 Å². The van der Waals surface area contributed by atoms with Crippen molar-refractivity contribution in [2.24, 2.45) is 33.2 Å². The van der Waals surface area contributed by atoms with Gasteiger partial charge in [-0.1, -0.05) is 70.2 Å². The van der Waals surface area contributed by atoms with Gasteiger partial charge in [-0.2, -0.15) is 0 Å². The van der Waals surface area contributed by atoms with E-state index in [2.05, 4.69) is 29.0 Å². The lowest BCUT2D eigenvalue weighted by Gasteiger charge is -2.44. The Labute approximate surface area is 378 Å². The van der Waals surface area contributed by atoms with Crippen LogP contribution in [-0.2, 0) is 23.4 Å². The van der Waals surface area contributed by atoms with Gasteiger partial charge in [0.25, 0.3) is 0 Å². The number of allylic oxidation sites excluding steroid dienone is 5. The summed E-state index contributed by atoms with van der Waals surface area (Å²) in [5.41, 5.74) is 19.8. The number of carbonyl (C=O) groups excluding carboxylic acids is 1. The smallest absolute Gasteiger partial charge is 0.161 e. The molecule has 5 aliphatic rings. The van der Waals surface area contributed by atoms with Crippen LogP contribution in [0.2, 0.25) is 0 Å². The molecule has 10 nitrogen and oxygen atoms in total. The predicted molar refractivity (Wildman–Crippen MR) is 249 cm³/mol. The van der Waals surface area contributed by atoms with Crippen molar-refractivity contribution in [3.63, 3.8) is 0 Å². The first-order valence-electron chi connectivity index (χ1n) is 22.3. The van der Waals surface area contributed by atoms with E-state index in [-0.39, 0.29) is 53.5 Å². The first-order valence-corrected chi connectivity index (χ1v) is 24.8. The Morgan fingerprint density at radius 1 is 0.968 bits per heavy atom. The number of carbonyl (C=O) groups is 1. The number of ketones is 1. The zero-order chi connectivity index (χ0) is 44.1. The van der Waals surface area contributed by atoms with Crippen LogP contribution in [0.25, 0.3) is 0 Å². The highest BCUT2D eigenvalue weighted by Gasteiger charge is 2.53. The van der Waals surface area contributed by atoms with Gasteiger partial charge in [-0.05, 0) is 144 Å². The van der Waals surface area contributed by atoms with Crippen LogP contribution in [0.5, 0.6) is 17.2 Å². The molecule has 2 aliphatic heterocycles. The Morgan fingerprint density at radius 3 is 2.62 bits per heavy atom. The van der Waals surface area contributed by atoms with E-state index in [9.17, 15) is 30.3 Å². The van der Waals surface area contributed by atoms with Crippen molar-refractivity contribution in [2.75, 3.05) is 19.0 Å². The van der Waals surface area contributed by atoms with Crippen LogP contribution in [-0.4, -0.2) is 57.0 Å². The number of benzene rings is 3. The number of fused-ring (bicyclic) bond motifs is 7. The van der Waals surface area contributed by atoms with Gasteiger partial charge < -0.3 is 41.7 Å². The highest BCUT2D eigenvalue weighted by Crippen LogP contribution is 2.64. The summed E-state index contributed by atoms with van der Waals surface area (Å²) in [6, 6.07) is 14.7. The van der Waals surface area contributed by atoms with Crippen LogP contribution in [0.3, 0.4) is 0 Å². The Bertz CT molecular complexity index is 2400. The number of ether oxygens (including phenoxy) is 1. The summed E-state index contributed by atoms with van der Waals surface area (Å²) >= 11 is 0. The number of aromatic hydroxyl groups is 2. The second-order valence-corrected chi connectivity index (χ2v) is 20.6. The van der Waals surface area contributed by atoms with E-state index in [0.29, 0.717) is 71.9 Å². The molecule has 2 fully saturated rings. The summed E-state index contributed by atoms with van der Waals surface area (Å²) in [5, 5.41) is 56.0. The molecule has 3 aromatic rings. The lowest BCUT2D eigenvalue weighted by molar-refractivity contribution is -0.307. The fourth-order valence-electron chi connectivity index (χ4n) is 10.5. The number of rotatable bonds is 6. The van der Waals surface area contributed by atoms with Gasteiger partial charge >= 0.3 is 0 Å². The van der Waals surface area contributed by atoms with E-state index in [0.717, 1.165) is 78.5 Å². The first kappa shape index (κ1) is 45.1. The van der Waals surface area contributed by atoms with Gasteiger partial charge in [0.05, 0.1) is 37.6 Å². The zero-order valence-corrected chi connectivity index (χ0v) is 37.3. The van der Waals surface area contributed by atoms with Gasteiger partial charge in [0.15, 0.2) is 17.3 Å². The molecule has 0 aromatic heterocycles. The highest BCUT2D eigenvalue weighted by atomic mass is 33.1. The second kappa shape index (κ2) is 19.7. The summed E-state index contributed by atoms with van der Waals surface area (Å²) in [7, 11) is 3.63. The number of phenols is 2. The molecule has 8 N–H and O–H groups in total. The monoisotopic (exact) mass is 888 g/mol. The first-order chi connectivity index (χ1) is 30.4. The quantitative estimate of drug-likeness (QED) is 0.0814. The molecule has 2 heterocycles. The molecule has 8 bridgehead atoms. The van der Waals surface area contributed by atoms with Crippen molar-refractivity contribution in [3.05, 3.63) is 123 Å². The molecular weight excluding hydrogens is 831 g/mol. The normalized spacial score (nSPS) is 25.5. The van der Waals surface area contributed by atoms with Crippen LogP contribution in [0, 0.1) is 28.6 Å². The molecule has 0 spiro atoms. The molecule has 332 valence electrons. The fourth-order valence-corrected chi connectivity index (χ4v) is 13.3.